The minimum atomic E-state index is -0.950. The van der Waals surface area contributed by atoms with E-state index >= 15 is 0 Å². The van der Waals surface area contributed by atoms with Gasteiger partial charge in [0, 0.05) is 5.69 Å². The topological polar surface area (TPSA) is 66.4 Å². The minimum absolute atomic E-state index is 0.223. The molecule has 0 bridgehead atoms. The molecule has 0 saturated carbocycles. The summed E-state index contributed by atoms with van der Waals surface area (Å²) >= 11 is 0. The van der Waals surface area contributed by atoms with Crippen molar-refractivity contribution in [2.24, 2.45) is 5.92 Å². The quantitative estimate of drug-likeness (QED) is 0.796. The third-order valence-electron chi connectivity index (χ3n) is 3.06. The van der Waals surface area contributed by atoms with E-state index in [0.29, 0.717) is 0 Å². The van der Waals surface area contributed by atoms with Gasteiger partial charge in [-0.25, -0.2) is 0 Å². The van der Waals surface area contributed by atoms with Crippen LogP contribution in [0.5, 0.6) is 0 Å². The highest BCUT2D eigenvalue weighted by atomic mass is 16.4. The van der Waals surface area contributed by atoms with Crippen LogP contribution >= 0.6 is 0 Å². The second kappa shape index (κ2) is 3.63. The van der Waals surface area contributed by atoms with Crippen molar-refractivity contribution in [2.45, 2.75) is 19.8 Å². The molecule has 1 heterocycles. The second-order valence-electron chi connectivity index (χ2n) is 4.13. The van der Waals surface area contributed by atoms with Gasteiger partial charge in [-0.2, -0.15) is 0 Å². The summed E-state index contributed by atoms with van der Waals surface area (Å²) in [6.45, 7) is 3.46. The van der Waals surface area contributed by atoms with E-state index in [-0.39, 0.29) is 5.91 Å². The predicted molar refractivity (Wildman–Crippen MR) is 59.3 cm³/mol. The largest absolute Gasteiger partial charge is 0.481 e. The van der Waals surface area contributed by atoms with E-state index in [2.05, 4.69) is 5.32 Å². The molecule has 0 spiro atoms. The molecule has 0 radical (unpaired) electrons. The fraction of sp³-hybridized carbons (Fsp3) is 0.333. The summed E-state index contributed by atoms with van der Waals surface area (Å²) < 4.78 is 0. The molecular weight excluding hydrogens is 206 g/mol. The van der Waals surface area contributed by atoms with Crippen molar-refractivity contribution in [3.05, 3.63) is 29.3 Å². The zero-order valence-corrected chi connectivity index (χ0v) is 9.15. The van der Waals surface area contributed by atoms with Crippen molar-refractivity contribution < 1.29 is 14.7 Å². The van der Waals surface area contributed by atoms with E-state index in [1.165, 1.54) is 0 Å². The lowest BCUT2D eigenvalue weighted by Gasteiger charge is -2.13. The molecule has 1 aliphatic heterocycles. The molecule has 4 nitrogen and oxygen atoms in total. The third-order valence-corrected chi connectivity index (χ3v) is 3.06. The first-order chi connectivity index (χ1) is 7.52. The number of aryl methyl sites for hydroxylation is 1. The van der Waals surface area contributed by atoms with Crippen LogP contribution in [0.3, 0.4) is 0 Å². The van der Waals surface area contributed by atoms with Crippen LogP contribution in [0.1, 0.15) is 24.0 Å². The van der Waals surface area contributed by atoms with E-state index in [9.17, 15) is 9.59 Å². The molecule has 1 aliphatic rings. The van der Waals surface area contributed by atoms with Gasteiger partial charge < -0.3 is 10.4 Å². The fourth-order valence-electron chi connectivity index (χ4n) is 2.10. The number of anilines is 1. The van der Waals surface area contributed by atoms with Gasteiger partial charge in [-0.05, 0) is 18.1 Å². The van der Waals surface area contributed by atoms with Crippen LogP contribution in [-0.2, 0) is 9.59 Å². The van der Waals surface area contributed by atoms with Crippen LogP contribution in [0.15, 0.2) is 18.2 Å². The van der Waals surface area contributed by atoms with Gasteiger partial charge in [0.2, 0.25) is 5.91 Å². The Kier molecular flexibility index (Phi) is 2.42. The lowest BCUT2D eigenvalue weighted by molar-refractivity contribution is -0.143. The monoisotopic (exact) mass is 219 g/mol. The van der Waals surface area contributed by atoms with Crippen molar-refractivity contribution >= 4 is 17.6 Å². The summed E-state index contributed by atoms with van der Waals surface area (Å²) in [5, 5.41) is 11.7. The van der Waals surface area contributed by atoms with Crippen LogP contribution in [0.25, 0.3) is 0 Å². The van der Waals surface area contributed by atoms with Crippen molar-refractivity contribution in [3.63, 3.8) is 0 Å². The van der Waals surface area contributed by atoms with E-state index in [0.717, 1.165) is 16.8 Å². The minimum Gasteiger partial charge on any atom is -0.481 e. The van der Waals surface area contributed by atoms with E-state index in [1.54, 1.807) is 6.92 Å². The molecule has 1 amide bonds. The normalized spacial score (nSPS) is 20.1. The van der Waals surface area contributed by atoms with Crippen LogP contribution < -0.4 is 5.32 Å². The van der Waals surface area contributed by atoms with Gasteiger partial charge in [-0.1, -0.05) is 25.1 Å². The molecule has 2 atom stereocenters. The Morgan fingerprint density at radius 1 is 1.50 bits per heavy atom. The molecule has 16 heavy (non-hydrogen) atoms. The second-order valence-corrected chi connectivity index (χ2v) is 4.13. The number of carboxylic acids is 1. The molecule has 2 N–H and O–H groups in total. The summed E-state index contributed by atoms with van der Waals surface area (Å²) in [4.78, 5) is 22.7. The number of para-hydroxylation sites is 1. The lowest BCUT2D eigenvalue weighted by Crippen LogP contribution is -2.24. The number of carbonyl (C=O) groups excluding carboxylic acids is 1. The zero-order valence-electron chi connectivity index (χ0n) is 9.15. The molecule has 0 saturated heterocycles. The molecule has 2 unspecified atom stereocenters. The summed E-state index contributed by atoms with van der Waals surface area (Å²) in [7, 11) is 0. The Labute approximate surface area is 93.3 Å². The first kappa shape index (κ1) is 10.7. The summed E-state index contributed by atoms with van der Waals surface area (Å²) in [6, 6.07) is 5.55. The number of aliphatic carboxylic acids is 1. The third kappa shape index (κ3) is 1.46. The maximum Gasteiger partial charge on any atom is 0.307 e. The highest BCUT2D eigenvalue weighted by molar-refractivity contribution is 6.05. The number of amides is 1. The number of hydrogen-bond acceptors (Lipinski definition) is 2. The lowest BCUT2D eigenvalue weighted by atomic mass is 9.88. The highest BCUT2D eigenvalue weighted by Crippen LogP contribution is 2.39. The van der Waals surface area contributed by atoms with Gasteiger partial charge in [0.15, 0.2) is 0 Å². The van der Waals surface area contributed by atoms with Crippen LogP contribution in [-0.4, -0.2) is 17.0 Å². The van der Waals surface area contributed by atoms with Crippen molar-refractivity contribution in [3.8, 4) is 0 Å². The first-order valence-corrected chi connectivity index (χ1v) is 5.15. The summed E-state index contributed by atoms with van der Waals surface area (Å²) in [5.41, 5.74) is 2.52. The molecule has 1 aromatic rings. The molecule has 84 valence electrons. The van der Waals surface area contributed by atoms with Crippen molar-refractivity contribution in [1.82, 2.24) is 0 Å². The highest BCUT2D eigenvalue weighted by Gasteiger charge is 2.38. The standard InChI is InChI=1S/C12H13NO3/c1-6-4-3-5-8-9(7(2)12(15)16)11(14)13-10(6)8/h3-5,7,9H,1-2H3,(H,13,14)(H,15,16). The van der Waals surface area contributed by atoms with Crippen molar-refractivity contribution in [1.29, 1.82) is 0 Å². The van der Waals surface area contributed by atoms with Crippen LogP contribution in [0.2, 0.25) is 0 Å². The van der Waals surface area contributed by atoms with E-state index in [1.807, 2.05) is 25.1 Å². The van der Waals surface area contributed by atoms with Gasteiger partial charge in [-0.3, -0.25) is 9.59 Å². The van der Waals surface area contributed by atoms with E-state index in [4.69, 9.17) is 5.11 Å². The van der Waals surface area contributed by atoms with Crippen LogP contribution in [0, 0.1) is 12.8 Å². The predicted octanol–water partition coefficient (Wildman–Crippen LogP) is 1.75. The Morgan fingerprint density at radius 2 is 2.19 bits per heavy atom. The first-order valence-electron chi connectivity index (χ1n) is 5.15. The molecule has 1 aromatic carbocycles. The molecule has 0 aliphatic carbocycles. The summed E-state index contributed by atoms with van der Waals surface area (Å²) in [6.07, 6.45) is 0. The Morgan fingerprint density at radius 3 is 2.81 bits per heavy atom. The SMILES string of the molecule is Cc1cccc2c1NC(=O)C2C(C)C(=O)O. The fourth-order valence-corrected chi connectivity index (χ4v) is 2.10. The molecular formula is C12H13NO3. The number of fused-ring (bicyclic) bond motifs is 1. The van der Waals surface area contributed by atoms with E-state index < -0.39 is 17.8 Å². The Bertz CT molecular complexity index is 467. The zero-order chi connectivity index (χ0) is 11.9. The van der Waals surface area contributed by atoms with Gasteiger partial charge in [-0.15, -0.1) is 0 Å². The summed E-state index contributed by atoms with van der Waals surface area (Å²) in [5.74, 6) is -2.45. The molecule has 0 fully saturated rings. The Hall–Kier alpha value is -1.84. The number of benzene rings is 1. The molecule has 0 aromatic heterocycles. The van der Waals surface area contributed by atoms with Crippen molar-refractivity contribution in [2.75, 3.05) is 5.32 Å². The van der Waals surface area contributed by atoms with Gasteiger partial charge in [0.1, 0.15) is 0 Å². The van der Waals surface area contributed by atoms with Gasteiger partial charge in [0.25, 0.3) is 0 Å². The maximum atomic E-state index is 11.8. The average molecular weight is 219 g/mol. The van der Waals surface area contributed by atoms with Gasteiger partial charge >= 0.3 is 5.97 Å². The molecule has 2 rings (SSSR count). The number of rotatable bonds is 2. The Balaban J connectivity index is 2.48. The smallest absolute Gasteiger partial charge is 0.307 e. The average Bonchev–Trinajstić information content (AvgIpc) is 2.55. The van der Waals surface area contributed by atoms with Gasteiger partial charge in [0.05, 0.1) is 11.8 Å². The number of nitrogens with one attached hydrogen (secondary N) is 1. The number of hydrogen-bond donors (Lipinski definition) is 2. The number of carbonyl (C=O) groups is 2. The van der Waals surface area contributed by atoms with Crippen LogP contribution in [0.4, 0.5) is 5.69 Å². The number of carboxylic acid groups (broad SMARTS) is 1. The molecule has 4 heteroatoms. The maximum absolute atomic E-state index is 11.8.